The quantitative estimate of drug-likeness (QED) is 0.737. The van der Waals surface area contributed by atoms with Crippen molar-refractivity contribution in [3.8, 4) is 0 Å². The highest BCUT2D eigenvalue weighted by Crippen LogP contribution is 2.38. The Morgan fingerprint density at radius 1 is 1.35 bits per heavy atom. The van der Waals surface area contributed by atoms with Gasteiger partial charge in [-0.05, 0) is 47.9 Å². The van der Waals surface area contributed by atoms with E-state index in [1.165, 1.54) is 46.2 Å². The number of hydrogen-bond donors (Lipinski definition) is 1. The molecule has 20 heavy (non-hydrogen) atoms. The molecule has 3 heteroatoms. The van der Waals surface area contributed by atoms with Crippen molar-refractivity contribution in [3.63, 3.8) is 0 Å². The molecule has 0 saturated carbocycles. The highest BCUT2D eigenvalue weighted by molar-refractivity contribution is 9.10. The molecule has 106 valence electrons. The summed E-state index contributed by atoms with van der Waals surface area (Å²) in [6.07, 6.45) is 4.81. The van der Waals surface area contributed by atoms with E-state index in [4.69, 9.17) is 0 Å². The van der Waals surface area contributed by atoms with Gasteiger partial charge >= 0.3 is 0 Å². The molecule has 2 unspecified atom stereocenters. The van der Waals surface area contributed by atoms with E-state index in [1.54, 1.807) is 0 Å². The van der Waals surface area contributed by atoms with Gasteiger partial charge in [0, 0.05) is 21.4 Å². The first-order valence-electron chi connectivity index (χ1n) is 7.36. The molecule has 1 aromatic carbocycles. The number of thiophene rings is 1. The third-order valence-electron chi connectivity index (χ3n) is 4.08. The number of rotatable bonds is 5. The van der Waals surface area contributed by atoms with Gasteiger partial charge in [0.2, 0.25) is 0 Å². The summed E-state index contributed by atoms with van der Waals surface area (Å²) in [5.41, 5.74) is 2.98. The van der Waals surface area contributed by atoms with Crippen molar-refractivity contribution < 1.29 is 0 Å². The summed E-state index contributed by atoms with van der Waals surface area (Å²) in [6, 6.07) is 12.0. The summed E-state index contributed by atoms with van der Waals surface area (Å²) >= 11 is 5.55. The van der Waals surface area contributed by atoms with Gasteiger partial charge in [0.05, 0.1) is 0 Å². The molecule has 1 N–H and O–H groups in total. The molecule has 0 fully saturated rings. The second-order valence-corrected chi connectivity index (χ2v) is 7.26. The highest BCUT2D eigenvalue weighted by atomic mass is 79.9. The van der Waals surface area contributed by atoms with Crippen LogP contribution in [0.2, 0.25) is 0 Å². The first-order chi connectivity index (χ1) is 9.79. The van der Waals surface area contributed by atoms with Crippen molar-refractivity contribution in [2.24, 2.45) is 0 Å². The van der Waals surface area contributed by atoms with Gasteiger partial charge < -0.3 is 5.32 Å². The second-order valence-electron chi connectivity index (χ2n) is 5.42. The first-order valence-corrected chi connectivity index (χ1v) is 9.03. The molecule has 2 atom stereocenters. The lowest BCUT2D eigenvalue weighted by atomic mass is 10.0. The van der Waals surface area contributed by atoms with Crippen LogP contribution in [0.4, 0.5) is 0 Å². The maximum absolute atomic E-state index is 3.89. The van der Waals surface area contributed by atoms with Crippen LogP contribution in [0.1, 0.15) is 54.3 Å². The third-order valence-corrected chi connectivity index (χ3v) is 5.81. The molecule has 1 aromatic heterocycles. The van der Waals surface area contributed by atoms with Crippen LogP contribution in [0.3, 0.4) is 0 Å². The summed E-state index contributed by atoms with van der Waals surface area (Å²) in [7, 11) is 0. The topological polar surface area (TPSA) is 12.0 Å². The van der Waals surface area contributed by atoms with Crippen LogP contribution in [-0.4, -0.2) is 0 Å². The zero-order valence-electron chi connectivity index (χ0n) is 11.7. The molecule has 3 rings (SSSR count). The summed E-state index contributed by atoms with van der Waals surface area (Å²) in [5, 5.41) is 6.07. The average molecular weight is 350 g/mol. The van der Waals surface area contributed by atoms with Gasteiger partial charge in [-0.1, -0.05) is 47.5 Å². The molecule has 1 aliphatic carbocycles. The Morgan fingerprint density at radius 3 is 3.00 bits per heavy atom. The van der Waals surface area contributed by atoms with Gasteiger partial charge in [0.15, 0.2) is 0 Å². The van der Waals surface area contributed by atoms with Crippen molar-refractivity contribution in [1.82, 2.24) is 5.32 Å². The number of benzene rings is 1. The van der Waals surface area contributed by atoms with Crippen LogP contribution in [0.15, 0.2) is 40.2 Å². The molecule has 2 aromatic rings. The van der Waals surface area contributed by atoms with E-state index in [0.717, 1.165) is 0 Å². The smallest absolute Gasteiger partial charge is 0.0419 e. The monoisotopic (exact) mass is 349 g/mol. The van der Waals surface area contributed by atoms with Crippen molar-refractivity contribution in [1.29, 1.82) is 0 Å². The molecule has 1 heterocycles. The molecular weight excluding hydrogens is 330 g/mol. The molecule has 0 aliphatic heterocycles. The summed E-state index contributed by atoms with van der Waals surface area (Å²) < 4.78 is 1.27. The van der Waals surface area contributed by atoms with Crippen LogP contribution in [0.5, 0.6) is 0 Å². The van der Waals surface area contributed by atoms with Gasteiger partial charge in [0.25, 0.3) is 0 Å². The first kappa shape index (κ1) is 14.3. The fraction of sp³-hybridized carbons (Fsp3) is 0.412. The van der Waals surface area contributed by atoms with E-state index in [1.807, 2.05) is 11.3 Å². The SMILES string of the molecule is CCCC(NC1CCc2c(Br)cccc21)c1cccs1. The van der Waals surface area contributed by atoms with Gasteiger partial charge in [-0.3, -0.25) is 0 Å². The van der Waals surface area contributed by atoms with Crippen molar-refractivity contribution in [2.75, 3.05) is 0 Å². The molecule has 0 bridgehead atoms. The zero-order valence-corrected chi connectivity index (χ0v) is 14.1. The highest BCUT2D eigenvalue weighted by Gasteiger charge is 2.26. The minimum atomic E-state index is 0.495. The molecule has 0 spiro atoms. The molecule has 1 nitrogen and oxygen atoms in total. The Bertz CT molecular complexity index is 564. The van der Waals surface area contributed by atoms with E-state index < -0.39 is 0 Å². The Kier molecular flexibility index (Phi) is 4.59. The summed E-state index contributed by atoms with van der Waals surface area (Å²) in [6.45, 7) is 2.27. The Hall–Kier alpha value is -0.640. The standard InChI is InChI=1S/C17H20BrNS/c1-2-5-16(17-8-4-11-20-17)19-15-10-9-12-13(15)6-3-7-14(12)18/h3-4,6-8,11,15-16,19H,2,5,9-10H2,1H3. The average Bonchev–Trinajstić information content (AvgIpc) is 3.09. The number of nitrogens with one attached hydrogen (secondary N) is 1. The maximum atomic E-state index is 3.89. The largest absolute Gasteiger partial charge is 0.302 e. The van der Waals surface area contributed by atoms with E-state index in [9.17, 15) is 0 Å². The van der Waals surface area contributed by atoms with E-state index >= 15 is 0 Å². The van der Waals surface area contributed by atoms with Crippen molar-refractivity contribution >= 4 is 27.3 Å². The minimum Gasteiger partial charge on any atom is -0.302 e. The zero-order chi connectivity index (χ0) is 13.9. The molecule has 0 saturated heterocycles. The van der Waals surface area contributed by atoms with Crippen LogP contribution < -0.4 is 5.32 Å². The van der Waals surface area contributed by atoms with Crippen LogP contribution in [0.25, 0.3) is 0 Å². The van der Waals surface area contributed by atoms with Gasteiger partial charge in [-0.25, -0.2) is 0 Å². The molecular formula is C17H20BrNS. The summed E-state index contributed by atoms with van der Waals surface area (Å²) in [4.78, 5) is 1.47. The van der Waals surface area contributed by atoms with Crippen molar-refractivity contribution in [3.05, 3.63) is 56.2 Å². The molecule has 0 amide bonds. The maximum Gasteiger partial charge on any atom is 0.0419 e. The molecule has 0 radical (unpaired) electrons. The number of halogens is 1. The number of fused-ring (bicyclic) bond motifs is 1. The fourth-order valence-corrected chi connectivity index (χ4v) is 4.51. The lowest BCUT2D eigenvalue weighted by molar-refractivity contribution is 0.424. The van der Waals surface area contributed by atoms with E-state index in [0.29, 0.717) is 12.1 Å². The van der Waals surface area contributed by atoms with Gasteiger partial charge in [0.1, 0.15) is 0 Å². The van der Waals surface area contributed by atoms with E-state index in [2.05, 4.69) is 63.9 Å². The predicted molar refractivity (Wildman–Crippen MR) is 90.3 cm³/mol. The normalized spacial score (nSPS) is 19.0. The lowest BCUT2D eigenvalue weighted by Crippen LogP contribution is -2.24. The Balaban J connectivity index is 1.80. The minimum absolute atomic E-state index is 0.495. The third kappa shape index (κ3) is 2.85. The lowest BCUT2D eigenvalue weighted by Gasteiger charge is -2.22. The van der Waals surface area contributed by atoms with Crippen LogP contribution >= 0.6 is 27.3 Å². The van der Waals surface area contributed by atoms with Crippen molar-refractivity contribution in [2.45, 2.75) is 44.7 Å². The van der Waals surface area contributed by atoms with Gasteiger partial charge in [-0.2, -0.15) is 0 Å². The fourth-order valence-electron chi connectivity index (χ4n) is 3.11. The van der Waals surface area contributed by atoms with Crippen LogP contribution in [0, 0.1) is 0 Å². The molecule has 1 aliphatic rings. The van der Waals surface area contributed by atoms with Gasteiger partial charge in [-0.15, -0.1) is 11.3 Å². The summed E-state index contributed by atoms with van der Waals surface area (Å²) in [5.74, 6) is 0. The predicted octanol–water partition coefficient (Wildman–Crippen LogP) is 5.63. The number of hydrogen-bond acceptors (Lipinski definition) is 2. The van der Waals surface area contributed by atoms with Crippen LogP contribution in [-0.2, 0) is 6.42 Å². The second kappa shape index (κ2) is 6.42. The van der Waals surface area contributed by atoms with E-state index in [-0.39, 0.29) is 0 Å². The Labute approximate surface area is 133 Å². The Morgan fingerprint density at radius 2 is 2.25 bits per heavy atom.